The van der Waals surface area contributed by atoms with Crippen LogP contribution >= 0.6 is 0 Å². The molecule has 0 bridgehead atoms. The molecular formula is C74H144O6. The summed E-state index contributed by atoms with van der Waals surface area (Å²) in [4.78, 5) is 38.3. The van der Waals surface area contributed by atoms with Crippen molar-refractivity contribution in [2.45, 2.75) is 444 Å². The lowest BCUT2D eigenvalue weighted by atomic mass is 10.0. The van der Waals surface area contributed by atoms with E-state index in [0.29, 0.717) is 19.3 Å². The molecule has 0 N–H and O–H groups in total. The molecule has 0 aromatic carbocycles. The van der Waals surface area contributed by atoms with Gasteiger partial charge in [-0.1, -0.05) is 400 Å². The van der Waals surface area contributed by atoms with Gasteiger partial charge in [0.15, 0.2) is 6.10 Å². The van der Waals surface area contributed by atoms with Gasteiger partial charge >= 0.3 is 17.9 Å². The molecule has 0 heterocycles. The molecule has 0 aliphatic carbocycles. The van der Waals surface area contributed by atoms with E-state index >= 15 is 0 Å². The minimum atomic E-state index is -0.762. The average Bonchev–Trinajstić information content (AvgIpc) is 3.46. The molecule has 1 atom stereocenters. The van der Waals surface area contributed by atoms with E-state index < -0.39 is 6.10 Å². The number of ether oxygens (including phenoxy) is 3. The normalized spacial score (nSPS) is 11.9. The van der Waals surface area contributed by atoms with Crippen molar-refractivity contribution in [1.29, 1.82) is 0 Å². The molecule has 6 heteroatoms. The standard InChI is InChI=1S/C74H144O6/c1-4-7-10-13-16-19-22-24-26-28-29-30-31-32-33-34-35-36-37-38-39-40-41-42-43-44-45-47-48-50-52-55-58-61-64-67-73(76)79-70-71(69-78-72(75)66-63-60-57-54-21-18-15-12-9-6-3)80-74(77)68-65-62-59-56-53-51-49-46-27-25-23-20-17-14-11-8-5-2/h71H,4-70H2,1-3H3. The molecule has 6 nitrogen and oxygen atoms in total. The second-order valence-electron chi connectivity index (χ2n) is 25.6. The van der Waals surface area contributed by atoms with Crippen LogP contribution in [0.15, 0.2) is 0 Å². The van der Waals surface area contributed by atoms with Gasteiger partial charge in [-0.05, 0) is 19.3 Å². The van der Waals surface area contributed by atoms with E-state index in [9.17, 15) is 14.4 Å². The van der Waals surface area contributed by atoms with E-state index in [1.54, 1.807) is 0 Å². The third-order valence-corrected chi connectivity index (χ3v) is 17.4. The number of hydrogen-bond donors (Lipinski definition) is 0. The van der Waals surface area contributed by atoms with Crippen LogP contribution in [0.4, 0.5) is 0 Å². The Hall–Kier alpha value is -1.59. The zero-order chi connectivity index (χ0) is 57.8. The Kier molecular flexibility index (Phi) is 68.5. The number of hydrogen-bond acceptors (Lipinski definition) is 6. The van der Waals surface area contributed by atoms with E-state index in [1.807, 2.05) is 0 Å². The molecule has 0 aliphatic rings. The SMILES string of the molecule is CCCCCCCCCCCCCCCCCCCCCCCCCCCCCCCCCCCCCC(=O)OCC(COC(=O)CCCCCCCCCCCC)OC(=O)CCCCCCCCCCCCCCCCCCC. The van der Waals surface area contributed by atoms with E-state index in [-0.39, 0.29) is 31.1 Å². The molecule has 0 aromatic rings. The predicted octanol–water partition coefficient (Wildman–Crippen LogP) is 25.4. The lowest BCUT2D eigenvalue weighted by Crippen LogP contribution is -2.30. The monoisotopic (exact) mass is 1130 g/mol. The van der Waals surface area contributed by atoms with Crippen molar-refractivity contribution in [3.8, 4) is 0 Å². The summed E-state index contributed by atoms with van der Waals surface area (Å²) in [6, 6.07) is 0. The fraction of sp³-hybridized carbons (Fsp3) is 0.959. The summed E-state index contributed by atoms with van der Waals surface area (Å²) in [6.07, 6.45) is 83.2. The van der Waals surface area contributed by atoms with Gasteiger partial charge in [0.2, 0.25) is 0 Å². The van der Waals surface area contributed by atoms with E-state index in [1.165, 1.54) is 340 Å². The third-order valence-electron chi connectivity index (χ3n) is 17.4. The maximum absolute atomic E-state index is 12.9. The zero-order valence-corrected chi connectivity index (χ0v) is 54.9. The van der Waals surface area contributed by atoms with E-state index in [0.717, 1.165) is 57.8 Å². The van der Waals surface area contributed by atoms with Crippen molar-refractivity contribution in [3.63, 3.8) is 0 Å². The number of carbonyl (C=O) groups is 3. The summed E-state index contributed by atoms with van der Waals surface area (Å²) < 4.78 is 17.0. The molecule has 0 aliphatic heterocycles. The first-order chi connectivity index (χ1) is 39.5. The van der Waals surface area contributed by atoms with Gasteiger partial charge in [-0.2, -0.15) is 0 Å². The van der Waals surface area contributed by atoms with Gasteiger partial charge in [-0.25, -0.2) is 0 Å². The molecular weight excluding hydrogens is 985 g/mol. The van der Waals surface area contributed by atoms with Gasteiger partial charge in [0.25, 0.3) is 0 Å². The first-order valence-electron chi connectivity index (χ1n) is 37.0. The van der Waals surface area contributed by atoms with Crippen LogP contribution in [-0.2, 0) is 28.6 Å². The van der Waals surface area contributed by atoms with Crippen LogP contribution in [0.5, 0.6) is 0 Å². The first-order valence-corrected chi connectivity index (χ1v) is 37.0. The maximum atomic E-state index is 12.9. The lowest BCUT2D eigenvalue weighted by molar-refractivity contribution is -0.167. The highest BCUT2D eigenvalue weighted by Gasteiger charge is 2.20. The Balaban J connectivity index is 3.96. The van der Waals surface area contributed by atoms with Crippen LogP contribution < -0.4 is 0 Å². The fourth-order valence-corrected chi connectivity index (χ4v) is 11.8. The molecule has 0 saturated heterocycles. The third kappa shape index (κ3) is 67.2. The predicted molar refractivity (Wildman–Crippen MR) is 349 cm³/mol. The largest absolute Gasteiger partial charge is 0.462 e. The van der Waals surface area contributed by atoms with E-state index in [4.69, 9.17) is 14.2 Å². The van der Waals surface area contributed by atoms with Crippen LogP contribution in [0.25, 0.3) is 0 Å². The molecule has 0 spiro atoms. The van der Waals surface area contributed by atoms with Gasteiger partial charge in [0.1, 0.15) is 13.2 Å². The van der Waals surface area contributed by atoms with Gasteiger partial charge in [-0.3, -0.25) is 14.4 Å². The molecule has 0 radical (unpaired) electrons. The minimum Gasteiger partial charge on any atom is -0.462 e. The topological polar surface area (TPSA) is 78.9 Å². The second-order valence-corrected chi connectivity index (χ2v) is 25.6. The second kappa shape index (κ2) is 69.9. The minimum absolute atomic E-state index is 0.0607. The molecule has 0 rings (SSSR count). The molecule has 0 saturated carbocycles. The fourth-order valence-electron chi connectivity index (χ4n) is 11.8. The summed E-state index contributed by atoms with van der Waals surface area (Å²) in [7, 11) is 0. The Morgan fingerprint density at radius 1 is 0.200 bits per heavy atom. The van der Waals surface area contributed by atoms with Gasteiger partial charge in [0, 0.05) is 19.3 Å². The van der Waals surface area contributed by atoms with Gasteiger partial charge < -0.3 is 14.2 Å². The number of rotatable bonds is 70. The van der Waals surface area contributed by atoms with Crippen LogP contribution in [0.3, 0.4) is 0 Å². The highest BCUT2D eigenvalue weighted by Crippen LogP contribution is 2.20. The van der Waals surface area contributed by atoms with Crippen LogP contribution in [0.2, 0.25) is 0 Å². The highest BCUT2D eigenvalue weighted by atomic mass is 16.6. The molecule has 0 amide bonds. The first kappa shape index (κ1) is 78.4. The Bertz CT molecular complexity index is 1200. The molecule has 476 valence electrons. The van der Waals surface area contributed by atoms with Crippen molar-refractivity contribution in [2.24, 2.45) is 0 Å². The van der Waals surface area contributed by atoms with Gasteiger partial charge in [-0.15, -0.1) is 0 Å². The Morgan fingerprint density at radius 3 is 0.500 bits per heavy atom. The lowest BCUT2D eigenvalue weighted by Gasteiger charge is -2.18. The van der Waals surface area contributed by atoms with Crippen LogP contribution in [0.1, 0.15) is 438 Å². The molecule has 0 fully saturated rings. The zero-order valence-electron chi connectivity index (χ0n) is 54.9. The quantitative estimate of drug-likeness (QED) is 0.0343. The van der Waals surface area contributed by atoms with Crippen LogP contribution in [-0.4, -0.2) is 37.2 Å². The Labute approximate surface area is 501 Å². The van der Waals surface area contributed by atoms with E-state index in [2.05, 4.69) is 20.8 Å². The Morgan fingerprint density at radius 2 is 0.338 bits per heavy atom. The summed E-state index contributed by atoms with van der Waals surface area (Å²) in [6.45, 7) is 6.72. The van der Waals surface area contributed by atoms with Gasteiger partial charge in [0.05, 0.1) is 0 Å². The number of unbranched alkanes of at least 4 members (excludes halogenated alkanes) is 59. The summed E-state index contributed by atoms with van der Waals surface area (Å²) in [5.41, 5.74) is 0. The van der Waals surface area contributed by atoms with Crippen molar-refractivity contribution in [3.05, 3.63) is 0 Å². The highest BCUT2D eigenvalue weighted by molar-refractivity contribution is 5.71. The van der Waals surface area contributed by atoms with Crippen molar-refractivity contribution in [2.75, 3.05) is 13.2 Å². The maximum Gasteiger partial charge on any atom is 0.306 e. The molecule has 0 aromatic heterocycles. The summed E-state index contributed by atoms with van der Waals surface area (Å²) in [5.74, 6) is -0.826. The molecule has 1 unspecified atom stereocenters. The van der Waals surface area contributed by atoms with Crippen molar-refractivity contribution < 1.29 is 28.6 Å². The smallest absolute Gasteiger partial charge is 0.306 e. The summed E-state index contributed by atoms with van der Waals surface area (Å²) in [5, 5.41) is 0. The summed E-state index contributed by atoms with van der Waals surface area (Å²) >= 11 is 0. The number of esters is 3. The van der Waals surface area contributed by atoms with Crippen molar-refractivity contribution in [1.82, 2.24) is 0 Å². The van der Waals surface area contributed by atoms with Crippen LogP contribution in [0, 0.1) is 0 Å². The average molecular weight is 1130 g/mol. The van der Waals surface area contributed by atoms with Crippen molar-refractivity contribution >= 4 is 17.9 Å². The number of carbonyl (C=O) groups excluding carboxylic acids is 3. The molecule has 80 heavy (non-hydrogen) atoms.